The standard InChI is InChI=1S/C14H13FN2O/c1-18-14-12(3-2-8-17-14)13(16)9-10-4-6-11(15)7-5-10/h2-8,16H,9H2,1H3. The normalized spacial score (nSPS) is 10.1. The first-order valence-electron chi connectivity index (χ1n) is 5.52. The van der Waals surface area contributed by atoms with E-state index in [-0.39, 0.29) is 5.82 Å². The van der Waals surface area contributed by atoms with Crippen LogP contribution in [0.3, 0.4) is 0 Å². The molecule has 0 amide bonds. The summed E-state index contributed by atoms with van der Waals surface area (Å²) < 4.78 is 17.9. The molecular weight excluding hydrogens is 231 g/mol. The fraction of sp³-hybridized carbons (Fsp3) is 0.143. The molecule has 0 aliphatic heterocycles. The molecule has 0 aliphatic rings. The molecule has 2 aromatic rings. The molecule has 0 saturated heterocycles. The largest absolute Gasteiger partial charge is 0.481 e. The van der Waals surface area contributed by atoms with Crippen LogP contribution in [0.15, 0.2) is 42.6 Å². The molecule has 0 aliphatic carbocycles. The average Bonchev–Trinajstić information content (AvgIpc) is 2.41. The predicted molar refractivity (Wildman–Crippen MR) is 67.7 cm³/mol. The van der Waals surface area contributed by atoms with E-state index in [1.807, 2.05) is 0 Å². The molecule has 1 heterocycles. The summed E-state index contributed by atoms with van der Waals surface area (Å²) in [6, 6.07) is 9.68. The summed E-state index contributed by atoms with van der Waals surface area (Å²) in [4.78, 5) is 4.05. The number of hydrogen-bond acceptors (Lipinski definition) is 3. The summed E-state index contributed by atoms with van der Waals surface area (Å²) in [6.07, 6.45) is 2.04. The van der Waals surface area contributed by atoms with Gasteiger partial charge < -0.3 is 10.1 Å². The highest BCUT2D eigenvalue weighted by molar-refractivity contribution is 6.01. The van der Waals surface area contributed by atoms with Crippen LogP contribution in [0, 0.1) is 11.2 Å². The van der Waals surface area contributed by atoms with Gasteiger partial charge in [-0.15, -0.1) is 0 Å². The van der Waals surface area contributed by atoms with Gasteiger partial charge in [0.25, 0.3) is 0 Å². The van der Waals surface area contributed by atoms with Crippen molar-refractivity contribution in [2.75, 3.05) is 7.11 Å². The van der Waals surface area contributed by atoms with E-state index in [0.717, 1.165) is 5.56 Å². The molecule has 0 atom stereocenters. The van der Waals surface area contributed by atoms with E-state index in [0.29, 0.717) is 23.6 Å². The number of methoxy groups -OCH3 is 1. The van der Waals surface area contributed by atoms with Crippen LogP contribution in [-0.2, 0) is 6.42 Å². The van der Waals surface area contributed by atoms with Crippen molar-refractivity contribution >= 4 is 5.71 Å². The first kappa shape index (κ1) is 12.2. The molecule has 2 rings (SSSR count). The van der Waals surface area contributed by atoms with E-state index >= 15 is 0 Å². The number of hydrogen-bond donors (Lipinski definition) is 1. The molecule has 0 saturated carbocycles. The van der Waals surface area contributed by atoms with Gasteiger partial charge in [-0.2, -0.15) is 0 Å². The second kappa shape index (κ2) is 5.40. The molecule has 1 aromatic heterocycles. The Kier molecular flexibility index (Phi) is 3.67. The molecular formula is C14H13FN2O. The number of halogens is 1. The third kappa shape index (κ3) is 2.71. The Bertz CT molecular complexity index is 552. The molecule has 0 bridgehead atoms. The van der Waals surface area contributed by atoms with Crippen molar-refractivity contribution in [1.82, 2.24) is 4.98 Å². The number of pyridine rings is 1. The Labute approximate surface area is 105 Å². The van der Waals surface area contributed by atoms with Crippen LogP contribution in [0.25, 0.3) is 0 Å². The number of nitrogens with one attached hydrogen (secondary N) is 1. The van der Waals surface area contributed by atoms with Gasteiger partial charge in [0, 0.05) is 18.3 Å². The lowest BCUT2D eigenvalue weighted by Gasteiger charge is -2.08. The van der Waals surface area contributed by atoms with Crippen LogP contribution < -0.4 is 4.74 Å². The van der Waals surface area contributed by atoms with Gasteiger partial charge in [-0.05, 0) is 29.8 Å². The molecule has 92 valence electrons. The molecule has 0 unspecified atom stereocenters. The van der Waals surface area contributed by atoms with E-state index in [1.54, 1.807) is 30.5 Å². The van der Waals surface area contributed by atoms with E-state index in [1.165, 1.54) is 19.2 Å². The van der Waals surface area contributed by atoms with Crippen molar-refractivity contribution in [3.8, 4) is 5.88 Å². The average molecular weight is 244 g/mol. The zero-order valence-corrected chi connectivity index (χ0v) is 9.98. The van der Waals surface area contributed by atoms with Gasteiger partial charge in [-0.3, -0.25) is 0 Å². The Hall–Kier alpha value is -2.23. The molecule has 4 heteroatoms. The van der Waals surface area contributed by atoms with Gasteiger partial charge in [0.2, 0.25) is 5.88 Å². The van der Waals surface area contributed by atoms with E-state index < -0.39 is 0 Å². The fourth-order valence-electron chi connectivity index (χ4n) is 1.68. The molecule has 0 fully saturated rings. The quantitative estimate of drug-likeness (QED) is 0.840. The summed E-state index contributed by atoms with van der Waals surface area (Å²) in [5, 5.41) is 8.05. The third-order valence-electron chi connectivity index (χ3n) is 2.58. The highest BCUT2D eigenvalue weighted by atomic mass is 19.1. The lowest BCUT2D eigenvalue weighted by molar-refractivity contribution is 0.397. The van der Waals surface area contributed by atoms with Gasteiger partial charge in [0.15, 0.2) is 0 Å². The minimum Gasteiger partial charge on any atom is -0.481 e. The Morgan fingerprint density at radius 2 is 2.00 bits per heavy atom. The molecule has 1 aromatic carbocycles. The monoisotopic (exact) mass is 244 g/mol. The van der Waals surface area contributed by atoms with Gasteiger partial charge in [0.05, 0.1) is 12.7 Å². The zero-order chi connectivity index (χ0) is 13.0. The first-order chi connectivity index (χ1) is 8.70. The first-order valence-corrected chi connectivity index (χ1v) is 5.52. The minimum atomic E-state index is -0.274. The van der Waals surface area contributed by atoms with Crippen LogP contribution >= 0.6 is 0 Å². The van der Waals surface area contributed by atoms with Crippen molar-refractivity contribution in [3.05, 3.63) is 59.5 Å². The molecule has 18 heavy (non-hydrogen) atoms. The fourth-order valence-corrected chi connectivity index (χ4v) is 1.68. The zero-order valence-electron chi connectivity index (χ0n) is 9.98. The second-order valence-corrected chi connectivity index (χ2v) is 3.84. The molecule has 3 nitrogen and oxygen atoms in total. The second-order valence-electron chi connectivity index (χ2n) is 3.84. The van der Waals surface area contributed by atoms with Crippen LogP contribution in [0.2, 0.25) is 0 Å². The third-order valence-corrected chi connectivity index (χ3v) is 2.58. The number of aromatic nitrogens is 1. The van der Waals surface area contributed by atoms with Crippen LogP contribution in [-0.4, -0.2) is 17.8 Å². The maximum absolute atomic E-state index is 12.8. The lowest BCUT2D eigenvalue weighted by Crippen LogP contribution is -2.06. The number of benzene rings is 1. The van der Waals surface area contributed by atoms with Crippen molar-refractivity contribution in [3.63, 3.8) is 0 Å². The summed E-state index contributed by atoms with van der Waals surface area (Å²) in [6.45, 7) is 0. The SMILES string of the molecule is COc1ncccc1C(=N)Cc1ccc(F)cc1. The van der Waals surface area contributed by atoms with Crippen molar-refractivity contribution in [2.24, 2.45) is 0 Å². The number of rotatable bonds is 4. The molecule has 0 spiro atoms. The van der Waals surface area contributed by atoms with Gasteiger partial charge in [-0.25, -0.2) is 9.37 Å². The van der Waals surface area contributed by atoms with Crippen LogP contribution in [0.4, 0.5) is 4.39 Å². The highest BCUT2D eigenvalue weighted by Gasteiger charge is 2.09. The van der Waals surface area contributed by atoms with E-state index in [9.17, 15) is 4.39 Å². The van der Waals surface area contributed by atoms with Crippen molar-refractivity contribution < 1.29 is 9.13 Å². The van der Waals surface area contributed by atoms with Gasteiger partial charge >= 0.3 is 0 Å². The van der Waals surface area contributed by atoms with E-state index in [2.05, 4.69) is 4.98 Å². The number of nitrogens with zero attached hydrogens (tertiary/aromatic N) is 1. The van der Waals surface area contributed by atoms with Crippen LogP contribution in [0.1, 0.15) is 11.1 Å². The minimum absolute atomic E-state index is 0.274. The Morgan fingerprint density at radius 3 is 2.67 bits per heavy atom. The smallest absolute Gasteiger partial charge is 0.222 e. The van der Waals surface area contributed by atoms with Gasteiger partial charge in [0.1, 0.15) is 5.82 Å². The summed E-state index contributed by atoms with van der Waals surface area (Å²) in [5.74, 6) is 0.161. The van der Waals surface area contributed by atoms with Crippen molar-refractivity contribution in [2.45, 2.75) is 6.42 Å². The summed E-state index contributed by atoms with van der Waals surface area (Å²) in [5.41, 5.74) is 1.93. The Morgan fingerprint density at radius 1 is 1.28 bits per heavy atom. The predicted octanol–water partition coefficient (Wildman–Crippen LogP) is 2.84. The van der Waals surface area contributed by atoms with Gasteiger partial charge in [-0.1, -0.05) is 12.1 Å². The summed E-state index contributed by atoms with van der Waals surface area (Å²) >= 11 is 0. The van der Waals surface area contributed by atoms with Crippen LogP contribution in [0.5, 0.6) is 5.88 Å². The topological polar surface area (TPSA) is 46.0 Å². The maximum atomic E-state index is 12.8. The molecule has 0 radical (unpaired) electrons. The molecule has 1 N–H and O–H groups in total. The van der Waals surface area contributed by atoms with E-state index in [4.69, 9.17) is 10.1 Å². The Balaban J connectivity index is 2.19. The lowest BCUT2D eigenvalue weighted by atomic mass is 10.0. The van der Waals surface area contributed by atoms with Crippen molar-refractivity contribution in [1.29, 1.82) is 5.41 Å². The highest BCUT2D eigenvalue weighted by Crippen LogP contribution is 2.16. The maximum Gasteiger partial charge on any atom is 0.222 e. The number of ether oxygens (including phenoxy) is 1. The summed E-state index contributed by atoms with van der Waals surface area (Å²) in [7, 11) is 1.52.